The van der Waals surface area contributed by atoms with E-state index in [4.69, 9.17) is 17.3 Å². The molecule has 0 radical (unpaired) electrons. The summed E-state index contributed by atoms with van der Waals surface area (Å²) in [5.74, 6) is 1.25. The number of nitrogens with two attached hydrogens (primary N) is 1. The van der Waals surface area contributed by atoms with Gasteiger partial charge in [0.15, 0.2) is 0 Å². The molecular weight excluding hydrogens is 448 g/mol. The molecule has 0 spiro atoms. The Kier molecular flexibility index (Phi) is 9.62. The number of nitrogens with one attached hydrogen (secondary N) is 1. The van der Waals surface area contributed by atoms with Crippen molar-refractivity contribution in [2.45, 2.75) is 38.1 Å². The number of hydrogen-bond acceptors (Lipinski definition) is 6. The molecule has 2 aliphatic carbocycles. The molecule has 4 rings (SSSR count). The van der Waals surface area contributed by atoms with Gasteiger partial charge in [-0.2, -0.15) is 0 Å². The van der Waals surface area contributed by atoms with Crippen molar-refractivity contribution in [2.75, 3.05) is 65.4 Å². The molecule has 34 heavy (non-hydrogen) atoms. The van der Waals surface area contributed by atoms with E-state index in [0.29, 0.717) is 13.0 Å². The number of carbonyl (C=O) groups excluding carboxylic acids is 1. The lowest BCUT2D eigenvalue weighted by Gasteiger charge is -2.35. The van der Waals surface area contributed by atoms with Crippen molar-refractivity contribution in [2.24, 2.45) is 22.6 Å². The highest BCUT2D eigenvalue weighted by Gasteiger charge is 2.27. The van der Waals surface area contributed by atoms with Gasteiger partial charge in [0.05, 0.1) is 6.04 Å². The molecule has 2 unspecified atom stereocenters. The standard InChI is InChI=1S/C26H41ClN6O/c27-22-5-6-23-24(8-11-30-25(23)19-22)29-10-1-12-31-15-17-32(18-16-31)13-2-14-33(20-21-3-4-21)26(34)7-9-28/h5-6,8,11,19,21,23,25,29H,1-4,7,9-10,12-18,20,28H2. The van der Waals surface area contributed by atoms with Crippen LogP contribution in [0.1, 0.15) is 32.1 Å². The first-order valence-electron chi connectivity index (χ1n) is 13.1. The number of rotatable bonds is 13. The number of dihydropyridines is 1. The number of halogens is 1. The van der Waals surface area contributed by atoms with Crippen LogP contribution in [0.5, 0.6) is 0 Å². The van der Waals surface area contributed by atoms with Crippen LogP contribution in [0, 0.1) is 11.8 Å². The smallest absolute Gasteiger partial charge is 0.223 e. The van der Waals surface area contributed by atoms with Crippen molar-refractivity contribution in [3.8, 4) is 0 Å². The highest BCUT2D eigenvalue weighted by atomic mass is 35.5. The molecule has 3 N–H and O–H groups in total. The van der Waals surface area contributed by atoms with E-state index in [2.05, 4.69) is 37.2 Å². The van der Waals surface area contributed by atoms with Gasteiger partial charge in [0, 0.05) is 81.6 Å². The number of allylic oxidation sites excluding steroid dienone is 3. The van der Waals surface area contributed by atoms with Crippen molar-refractivity contribution in [3.05, 3.63) is 35.0 Å². The number of fused-ring (bicyclic) bond motifs is 1. The third-order valence-electron chi connectivity index (χ3n) is 7.27. The van der Waals surface area contributed by atoms with Crippen LogP contribution in [-0.2, 0) is 4.79 Å². The predicted molar refractivity (Wildman–Crippen MR) is 140 cm³/mol. The van der Waals surface area contributed by atoms with Crippen LogP contribution in [0.2, 0.25) is 0 Å². The molecule has 0 bridgehead atoms. The lowest BCUT2D eigenvalue weighted by atomic mass is 9.90. The van der Waals surface area contributed by atoms with Crippen molar-refractivity contribution < 1.29 is 4.79 Å². The van der Waals surface area contributed by atoms with E-state index < -0.39 is 0 Å². The van der Waals surface area contributed by atoms with Gasteiger partial charge in [0.25, 0.3) is 0 Å². The molecule has 1 amide bonds. The molecule has 0 aromatic rings. The summed E-state index contributed by atoms with van der Waals surface area (Å²) >= 11 is 6.13. The normalized spacial score (nSPS) is 25.0. The molecule has 2 aliphatic heterocycles. The molecule has 2 atom stereocenters. The zero-order valence-corrected chi connectivity index (χ0v) is 21.1. The Labute approximate surface area is 209 Å². The lowest BCUT2D eigenvalue weighted by Crippen LogP contribution is -2.47. The molecule has 0 aromatic carbocycles. The average molecular weight is 489 g/mol. The Morgan fingerprint density at radius 3 is 2.62 bits per heavy atom. The van der Waals surface area contributed by atoms with Gasteiger partial charge < -0.3 is 25.8 Å². The minimum Gasteiger partial charge on any atom is -0.388 e. The summed E-state index contributed by atoms with van der Waals surface area (Å²) in [5, 5.41) is 4.40. The maximum Gasteiger partial charge on any atom is 0.223 e. The third-order valence-corrected chi connectivity index (χ3v) is 7.52. The van der Waals surface area contributed by atoms with E-state index in [-0.39, 0.29) is 17.9 Å². The third kappa shape index (κ3) is 7.67. The Morgan fingerprint density at radius 2 is 1.91 bits per heavy atom. The van der Waals surface area contributed by atoms with Crippen molar-refractivity contribution in [1.82, 2.24) is 20.0 Å². The number of piperazine rings is 1. The zero-order chi connectivity index (χ0) is 23.8. The fraction of sp³-hybridized carbons (Fsp3) is 0.692. The number of aliphatic imine (C=N–C) groups is 1. The maximum atomic E-state index is 12.3. The van der Waals surface area contributed by atoms with Crippen LogP contribution in [0.25, 0.3) is 0 Å². The first-order chi connectivity index (χ1) is 16.6. The van der Waals surface area contributed by atoms with E-state index in [1.54, 1.807) is 0 Å². The largest absolute Gasteiger partial charge is 0.388 e. The summed E-state index contributed by atoms with van der Waals surface area (Å²) in [4.78, 5) is 24.1. The molecule has 1 saturated heterocycles. The summed E-state index contributed by atoms with van der Waals surface area (Å²) in [5.41, 5.74) is 6.84. The number of hydrogen-bond donors (Lipinski definition) is 2. The SMILES string of the molecule is NCCC(=O)N(CCCN1CCN(CCCNC2=CC=NC3C=C(Cl)C=CC23)CC1)CC1CC1. The van der Waals surface area contributed by atoms with Gasteiger partial charge in [-0.05, 0) is 62.9 Å². The fourth-order valence-electron chi connectivity index (χ4n) is 5.03. The summed E-state index contributed by atoms with van der Waals surface area (Å²) in [6, 6.07) is 0.123. The van der Waals surface area contributed by atoms with E-state index in [9.17, 15) is 4.79 Å². The maximum absolute atomic E-state index is 12.3. The molecule has 4 aliphatic rings. The molecule has 2 heterocycles. The van der Waals surface area contributed by atoms with Crippen LogP contribution in [0.15, 0.2) is 40.0 Å². The highest BCUT2D eigenvalue weighted by Crippen LogP contribution is 2.30. The summed E-state index contributed by atoms with van der Waals surface area (Å²) in [6.07, 6.45) is 15.4. The van der Waals surface area contributed by atoms with Gasteiger partial charge in [0.1, 0.15) is 0 Å². The van der Waals surface area contributed by atoms with Crippen molar-refractivity contribution >= 4 is 23.7 Å². The fourth-order valence-corrected chi connectivity index (χ4v) is 5.24. The van der Waals surface area contributed by atoms with Crippen LogP contribution < -0.4 is 11.1 Å². The Morgan fingerprint density at radius 1 is 1.18 bits per heavy atom. The van der Waals surface area contributed by atoms with Gasteiger partial charge in [-0.25, -0.2) is 0 Å². The quantitative estimate of drug-likeness (QED) is 0.389. The minimum atomic E-state index is 0.123. The van der Waals surface area contributed by atoms with E-state index in [0.717, 1.165) is 82.7 Å². The number of amides is 1. The van der Waals surface area contributed by atoms with Gasteiger partial charge in [0.2, 0.25) is 5.91 Å². The number of carbonyl (C=O) groups is 1. The monoisotopic (exact) mass is 488 g/mol. The topological polar surface area (TPSA) is 77.2 Å². The molecule has 2 fully saturated rings. The first kappa shape index (κ1) is 25.4. The molecule has 0 aromatic heterocycles. The van der Waals surface area contributed by atoms with Gasteiger partial charge in [-0.3, -0.25) is 9.79 Å². The van der Waals surface area contributed by atoms with Crippen LogP contribution >= 0.6 is 11.6 Å². The molecule has 7 nitrogen and oxygen atoms in total. The van der Waals surface area contributed by atoms with Gasteiger partial charge in [-0.15, -0.1) is 0 Å². The Bertz CT molecular complexity index is 797. The Balaban J connectivity index is 1.08. The Hall–Kier alpha value is -1.67. The van der Waals surface area contributed by atoms with Crippen LogP contribution in [0.3, 0.4) is 0 Å². The van der Waals surface area contributed by atoms with Crippen molar-refractivity contribution in [3.63, 3.8) is 0 Å². The van der Waals surface area contributed by atoms with Gasteiger partial charge in [-0.1, -0.05) is 17.7 Å². The summed E-state index contributed by atoms with van der Waals surface area (Å²) in [7, 11) is 0. The highest BCUT2D eigenvalue weighted by molar-refractivity contribution is 6.31. The number of nitrogens with zero attached hydrogens (tertiary/aromatic N) is 4. The van der Waals surface area contributed by atoms with Gasteiger partial charge >= 0.3 is 0 Å². The second kappa shape index (κ2) is 12.9. The first-order valence-corrected chi connectivity index (χ1v) is 13.5. The molecule has 8 heteroatoms. The second-order valence-corrected chi connectivity index (χ2v) is 10.4. The van der Waals surface area contributed by atoms with E-state index >= 15 is 0 Å². The molecular formula is C26H41ClN6O. The second-order valence-electron chi connectivity index (χ2n) is 9.99. The van der Waals surface area contributed by atoms with Crippen molar-refractivity contribution in [1.29, 1.82) is 0 Å². The average Bonchev–Trinajstić information content (AvgIpc) is 3.66. The molecule has 188 valence electrons. The molecule has 1 saturated carbocycles. The zero-order valence-electron chi connectivity index (χ0n) is 20.4. The lowest BCUT2D eigenvalue weighted by molar-refractivity contribution is -0.131. The predicted octanol–water partition coefficient (Wildman–Crippen LogP) is 2.21. The summed E-state index contributed by atoms with van der Waals surface area (Å²) < 4.78 is 0. The van der Waals surface area contributed by atoms with Crippen LogP contribution in [-0.4, -0.2) is 98.3 Å². The van der Waals surface area contributed by atoms with E-state index in [1.165, 1.54) is 18.5 Å². The van der Waals surface area contributed by atoms with E-state index in [1.807, 2.05) is 18.4 Å². The van der Waals surface area contributed by atoms with Crippen LogP contribution in [0.4, 0.5) is 0 Å². The minimum absolute atomic E-state index is 0.123. The summed E-state index contributed by atoms with van der Waals surface area (Å²) in [6.45, 7) is 9.94.